The molecule has 4 heteroatoms. The van der Waals surface area contributed by atoms with Crippen LogP contribution in [0.1, 0.15) is 5.56 Å². The minimum absolute atomic E-state index is 0.679. The molecule has 0 fully saturated rings. The fraction of sp³-hybridized carbons (Fsp3) is 0.0741. The summed E-state index contributed by atoms with van der Waals surface area (Å²) in [6.45, 7) is 0.679. The highest BCUT2D eigenvalue weighted by atomic mass is 16.5. The maximum Gasteiger partial charge on any atom is 0.152 e. The van der Waals surface area contributed by atoms with Gasteiger partial charge in [-0.2, -0.15) is 0 Å². The summed E-state index contributed by atoms with van der Waals surface area (Å²) in [6, 6.07) is 30.8. The number of aromatic nitrogens is 2. The molecule has 2 heterocycles. The monoisotopic (exact) mass is 406 g/mol. The minimum atomic E-state index is 0.679. The molecule has 4 nitrogen and oxygen atoms in total. The molecule has 5 aromatic rings. The lowest BCUT2D eigenvalue weighted by Gasteiger charge is -2.11. The van der Waals surface area contributed by atoms with Crippen LogP contribution in [-0.2, 0) is 6.54 Å². The summed E-state index contributed by atoms with van der Waals surface area (Å²) in [7, 11) is 1.68. The highest BCUT2D eigenvalue weighted by Gasteiger charge is 2.20. The lowest BCUT2D eigenvalue weighted by molar-refractivity contribution is 0.416. The van der Waals surface area contributed by atoms with Gasteiger partial charge in [0.1, 0.15) is 17.1 Å². The summed E-state index contributed by atoms with van der Waals surface area (Å²) in [5.41, 5.74) is 6.30. The first-order valence-electron chi connectivity index (χ1n) is 10.2. The van der Waals surface area contributed by atoms with Gasteiger partial charge in [-0.1, -0.05) is 60.7 Å². The van der Waals surface area contributed by atoms with Crippen molar-refractivity contribution in [2.75, 3.05) is 7.11 Å². The van der Waals surface area contributed by atoms with Crippen LogP contribution < -0.4 is 4.74 Å². The molecular formula is C27H22N2O2. The molecule has 0 aliphatic carbocycles. The van der Waals surface area contributed by atoms with Gasteiger partial charge in [0.2, 0.25) is 0 Å². The van der Waals surface area contributed by atoms with Crippen molar-refractivity contribution in [2.24, 2.45) is 0 Å². The molecule has 152 valence electrons. The zero-order valence-electron chi connectivity index (χ0n) is 17.2. The first kappa shape index (κ1) is 18.9. The fourth-order valence-electron chi connectivity index (χ4n) is 3.89. The number of hydrogen-bond acceptors (Lipinski definition) is 3. The van der Waals surface area contributed by atoms with Crippen molar-refractivity contribution < 1.29 is 9.15 Å². The van der Waals surface area contributed by atoms with Crippen molar-refractivity contribution in [1.82, 2.24) is 9.55 Å². The summed E-state index contributed by atoms with van der Waals surface area (Å²) in [5.74, 6) is 1.56. The number of furan rings is 1. The maximum absolute atomic E-state index is 5.78. The second-order valence-corrected chi connectivity index (χ2v) is 7.31. The predicted molar refractivity (Wildman–Crippen MR) is 123 cm³/mol. The first-order valence-corrected chi connectivity index (χ1v) is 10.2. The molecule has 0 N–H and O–H groups in total. The van der Waals surface area contributed by atoms with E-state index in [4.69, 9.17) is 14.1 Å². The Bertz CT molecular complexity index is 1290. The summed E-state index contributed by atoms with van der Waals surface area (Å²) in [4.78, 5) is 4.75. The number of methoxy groups -OCH3 is 1. The predicted octanol–water partition coefficient (Wildman–Crippen LogP) is 6.53. The Hall–Kier alpha value is -4.05. The van der Waals surface area contributed by atoms with Gasteiger partial charge in [0, 0.05) is 12.1 Å². The van der Waals surface area contributed by atoms with Gasteiger partial charge >= 0.3 is 0 Å². The quantitative estimate of drug-likeness (QED) is 0.322. The number of benzene rings is 3. The van der Waals surface area contributed by atoms with Crippen LogP contribution >= 0.6 is 0 Å². The Morgan fingerprint density at radius 3 is 2.45 bits per heavy atom. The van der Waals surface area contributed by atoms with Crippen molar-refractivity contribution in [2.45, 2.75) is 6.54 Å². The van der Waals surface area contributed by atoms with E-state index in [-0.39, 0.29) is 0 Å². The molecule has 0 radical (unpaired) electrons. The lowest BCUT2D eigenvalue weighted by Crippen LogP contribution is -2.01. The first-order chi connectivity index (χ1) is 15.3. The Labute approximate surface area is 181 Å². The van der Waals surface area contributed by atoms with E-state index in [1.54, 1.807) is 13.4 Å². The van der Waals surface area contributed by atoms with Gasteiger partial charge in [-0.25, -0.2) is 4.98 Å². The van der Waals surface area contributed by atoms with Gasteiger partial charge in [-0.05, 0) is 47.0 Å². The van der Waals surface area contributed by atoms with Crippen molar-refractivity contribution >= 4 is 0 Å². The Morgan fingerprint density at radius 1 is 0.839 bits per heavy atom. The van der Waals surface area contributed by atoms with Crippen molar-refractivity contribution in [3.05, 3.63) is 109 Å². The van der Waals surface area contributed by atoms with Crippen LogP contribution in [0.2, 0.25) is 0 Å². The topological polar surface area (TPSA) is 40.2 Å². The number of ether oxygens (including phenoxy) is 1. The molecule has 5 rings (SSSR count). The maximum atomic E-state index is 5.78. The third-order valence-electron chi connectivity index (χ3n) is 5.34. The van der Waals surface area contributed by atoms with E-state index in [9.17, 15) is 0 Å². The molecule has 0 saturated carbocycles. The zero-order valence-corrected chi connectivity index (χ0v) is 17.2. The van der Waals surface area contributed by atoms with Crippen LogP contribution in [0.25, 0.3) is 33.8 Å². The molecule has 0 spiro atoms. The molecule has 0 aliphatic heterocycles. The van der Waals surface area contributed by atoms with E-state index < -0.39 is 0 Å². The van der Waals surface area contributed by atoms with E-state index >= 15 is 0 Å². The highest BCUT2D eigenvalue weighted by molar-refractivity contribution is 5.80. The van der Waals surface area contributed by atoms with E-state index in [0.29, 0.717) is 6.54 Å². The lowest BCUT2D eigenvalue weighted by atomic mass is 10.0. The minimum Gasteiger partial charge on any atom is -0.496 e. The van der Waals surface area contributed by atoms with Gasteiger partial charge in [-0.15, -0.1) is 0 Å². The smallest absolute Gasteiger partial charge is 0.152 e. The van der Waals surface area contributed by atoms with Crippen LogP contribution in [0.15, 0.2) is 108 Å². The molecule has 0 amide bonds. The largest absolute Gasteiger partial charge is 0.496 e. The third kappa shape index (κ3) is 3.76. The van der Waals surface area contributed by atoms with Gasteiger partial charge < -0.3 is 13.7 Å². The third-order valence-corrected chi connectivity index (χ3v) is 5.34. The summed E-state index contributed by atoms with van der Waals surface area (Å²) in [6.07, 6.45) is 3.56. The SMILES string of the molecule is COc1ccccc1-c1ncn(Cc2cccc(-c3ccccc3)c2)c1-c1ccco1. The van der Waals surface area contributed by atoms with Crippen LogP contribution in [-0.4, -0.2) is 16.7 Å². The number of nitrogens with zero attached hydrogens (tertiary/aromatic N) is 2. The molecular weight excluding hydrogens is 384 g/mol. The Balaban J connectivity index is 1.57. The van der Waals surface area contributed by atoms with Crippen molar-refractivity contribution in [3.63, 3.8) is 0 Å². The van der Waals surface area contributed by atoms with Gasteiger partial charge in [0.25, 0.3) is 0 Å². The molecule has 0 unspecified atom stereocenters. The van der Waals surface area contributed by atoms with E-state index in [1.807, 2.05) is 48.8 Å². The van der Waals surface area contributed by atoms with Crippen molar-refractivity contribution in [1.29, 1.82) is 0 Å². The van der Waals surface area contributed by atoms with Crippen LogP contribution in [0.3, 0.4) is 0 Å². The average Bonchev–Trinajstić information content (AvgIpc) is 3.50. The normalized spacial score (nSPS) is 10.9. The Morgan fingerprint density at radius 2 is 1.65 bits per heavy atom. The summed E-state index contributed by atoms with van der Waals surface area (Å²) < 4.78 is 13.5. The fourth-order valence-corrected chi connectivity index (χ4v) is 3.89. The molecule has 0 atom stereocenters. The van der Waals surface area contributed by atoms with Crippen LogP contribution in [0, 0.1) is 0 Å². The zero-order chi connectivity index (χ0) is 21.0. The van der Waals surface area contributed by atoms with Gasteiger partial charge in [0.15, 0.2) is 5.76 Å². The average molecular weight is 406 g/mol. The second-order valence-electron chi connectivity index (χ2n) is 7.31. The summed E-state index contributed by atoms with van der Waals surface area (Å²) in [5, 5.41) is 0. The standard InChI is InChI=1S/C27H22N2O2/c1-30-24-14-6-5-13-23(24)26-27(25-15-8-16-31-25)29(19-28-26)18-20-9-7-12-22(17-20)21-10-3-2-4-11-21/h2-17,19H,18H2,1H3. The molecule has 0 aliphatic rings. The number of rotatable bonds is 6. The molecule has 31 heavy (non-hydrogen) atoms. The number of hydrogen-bond donors (Lipinski definition) is 0. The van der Waals surface area contributed by atoms with Crippen LogP contribution in [0.5, 0.6) is 5.75 Å². The van der Waals surface area contributed by atoms with E-state index in [0.717, 1.165) is 28.5 Å². The van der Waals surface area contributed by atoms with Gasteiger partial charge in [-0.3, -0.25) is 0 Å². The van der Waals surface area contributed by atoms with E-state index in [2.05, 4.69) is 53.1 Å². The molecule has 2 aromatic heterocycles. The molecule has 0 saturated heterocycles. The second kappa shape index (κ2) is 8.36. The molecule has 3 aromatic carbocycles. The highest BCUT2D eigenvalue weighted by Crippen LogP contribution is 2.37. The van der Waals surface area contributed by atoms with Gasteiger partial charge in [0.05, 0.1) is 19.7 Å². The summed E-state index contributed by atoms with van der Waals surface area (Å²) >= 11 is 0. The molecule has 0 bridgehead atoms. The van der Waals surface area contributed by atoms with Crippen LogP contribution in [0.4, 0.5) is 0 Å². The Kier molecular flexibility index (Phi) is 5.11. The van der Waals surface area contributed by atoms with Crippen molar-refractivity contribution in [3.8, 4) is 39.6 Å². The number of imidazole rings is 1. The van der Waals surface area contributed by atoms with E-state index in [1.165, 1.54) is 16.7 Å². The number of para-hydroxylation sites is 1.